The zero-order chi connectivity index (χ0) is 18.4. The van der Waals surface area contributed by atoms with E-state index in [1.54, 1.807) is 0 Å². The van der Waals surface area contributed by atoms with Crippen LogP contribution in [0.3, 0.4) is 0 Å². The van der Waals surface area contributed by atoms with Gasteiger partial charge in [-0.15, -0.1) is 0 Å². The Balaban J connectivity index is 1.62. The lowest BCUT2D eigenvalue weighted by atomic mass is 10.0. The van der Waals surface area contributed by atoms with Crippen LogP contribution in [0.2, 0.25) is 0 Å². The molecule has 0 aliphatic carbocycles. The Hall–Kier alpha value is -3.14. The van der Waals surface area contributed by atoms with Gasteiger partial charge in [0.05, 0.1) is 0 Å². The Morgan fingerprint density at radius 3 is 2.27 bits per heavy atom. The monoisotopic (exact) mass is 346 g/mol. The van der Waals surface area contributed by atoms with E-state index in [9.17, 15) is 9.59 Å². The molecular weight excluding hydrogens is 324 g/mol. The molecule has 4 heteroatoms. The summed E-state index contributed by atoms with van der Waals surface area (Å²) in [7, 11) is 0. The van der Waals surface area contributed by atoms with Crippen molar-refractivity contribution in [3.63, 3.8) is 0 Å². The van der Waals surface area contributed by atoms with E-state index in [-0.39, 0.29) is 5.91 Å². The van der Waals surface area contributed by atoms with Crippen LogP contribution in [0.25, 0.3) is 10.8 Å². The first-order valence-corrected chi connectivity index (χ1v) is 8.72. The van der Waals surface area contributed by atoms with E-state index in [1.165, 1.54) is 0 Å². The summed E-state index contributed by atoms with van der Waals surface area (Å²) in [4.78, 5) is 24.0. The summed E-state index contributed by atoms with van der Waals surface area (Å²) in [5, 5.41) is 5.01. The lowest BCUT2D eigenvalue weighted by Gasteiger charge is -2.16. The van der Waals surface area contributed by atoms with E-state index in [4.69, 9.17) is 5.73 Å². The van der Waals surface area contributed by atoms with Gasteiger partial charge >= 0.3 is 0 Å². The lowest BCUT2D eigenvalue weighted by molar-refractivity contribution is -0.127. The highest BCUT2D eigenvalue weighted by atomic mass is 16.2. The zero-order valence-corrected chi connectivity index (χ0v) is 14.5. The van der Waals surface area contributed by atoms with E-state index in [0.29, 0.717) is 19.3 Å². The van der Waals surface area contributed by atoms with E-state index < -0.39 is 11.9 Å². The molecular formula is C22H22N2O2. The fourth-order valence-corrected chi connectivity index (χ4v) is 2.99. The average molecular weight is 346 g/mol. The quantitative estimate of drug-likeness (QED) is 0.690. The van der Waals surface area contributed by atoms with Crippen LogP contribution in [0.1, 0.15) is 17.5 Å². The fraction of sp³-hybridized carbons (Fsp3) is 0.182. The molecule has 0 aliphatic heterocycles. The summed E-state index contributed by atoms with van der Waals surface area (Å²) in [6, 6.07) is 23.1. The highest BCUT2D eigenvalue weighted by Crippen LogP contribution is 2.16. The van der Waals surface area contributed by atoms with Crippen molar-refractivity contribution in [1.29, 1.82) is 0 Å². The van der Waals surface area contributed by atoms with Crippen LogP contribution < -0.4 is 11.1 Å². The van der Waals surface area contributed by atoms with E-state index in [0.717, 1.165) is 21.9 Å². The number of carbonyl (C=O) groups is 2. The third kappa shape index (κ3) is 4.70. The standard InChI is InChI=1S/C22H22N2O2/c23-22(26)20(24-21(25)13-11-16-6-2-1-3-7-16)15-17-10-12-18-8-4-5-9-19(18)14-17/h1-10,12,14,20H,11,13,15H2,(H2,23,26)(H,24,25)/t20-/m0/s1. The molecule has 26 heavy (non-hydrogen) atoms. The van der Waals surface area contributed by atoms with Gasteiger partial charge in [0.15, 0.2) is 0 Å². The average Bonchev–Trinajstić information content (AvgIpc) is 2.66. The van der Waals surface area contributed by atoms with E-state index in [1.807, 2.05) is 72.8 Å². The number of primary amides is 1. The first-order chi connectivity index (χ1) is 12.6. The summed E-state index contributed by atoms with van der Waals surface area (Å²) >= 11 is 0. The molecule has 0 aliphatic rings. The number of amides is 2. The van der Waals surface area contributed by atoms with E-state index >= 15 is 0 Å². The molecule has 0 unspecified atom stereocenters. The molecule has 0 fully saturated rings. The highest BCUT2D eigenvalue weighted by molar-refractivity contribution is 5.87. The first-order valence-electron chi connectivity index (χ1n) is 8.72. The van der Waals surface area contributed by atoms with Crippen molar-refractivity contribution in [2.45, 2.75) is 25.3 Å². The summed E-state index contributed by atoms with van der Waals surface area (Å²) in [5.41, 5.74) is 7.56. The summed E-state index contributed by atoms with van der Waals surface area (Å²) in [6.07, 6.45) is 1.34. The number of hydrogen-bond donors (Lipinski definition) is 2. The predicted octanol–water partition coefficient (Wildman–Crippen LogP) is 2.99. The van der Waals surface area contributed by atoms with Gasteiger partial charge in [0, 0.05) is 12.8 Å². The summed E-state index contributed by atoms with van der Waals surface area (Å²) < 4.78 is 0. The van der Waals surface area contributed by atoms with Crippen LogP contribution in [-0.2, 0) is 22.4 Å². The van der Waals surface area contributed by atoms with Crippen molar-refractivity contribution >= 4 is 22.6 Å². The van der Waals surface area contributed by atoms with Gasteiger partial charge in [-0.3, -0.25) is 9.59 Å². The molecule has 0 heterocycles. The normalized spacial score (nSPS) is 11.8. The maximum absolute atomic E-state index is 12.2. The topological polar surface area (TPSA) is 72.2 Å². The van der Waals surface area contributed by atoms with Crippen molar-refractivity contribution in [3.8, 4) is 0 Å². The third-order valence-electron chi connectivity index (χ3n) is 4.42. The first kappa shape index (κ1) is 17.7. The van der Waals surface area contributed by atoms with Crippen LogP contribution in [0.15, 0.2) is 72.8 Å². The van der Waals surface area contributed by atoms with Crippen molar-refractivity contribution in [2.24, 2.45) is 5.73 Å². The second-order valence-electron chi connectivity index (χ2n) is 6.39. The van der Waals surface area contributed by atoms with Gasteiger partial charge in [0.1, 0.15) is 6.04 Å². The molecule has 3 N–H and O–H groups in total. The molecule has 1 atom stereocenters. The molecule has 4 nitrogen and oxygen atoms in total. The van der Waals surface area contributed by atoms with Gasteiger partial charge in [-0.05, 0) is 28.3 Å². The van der Waals surface area contributed by atoms with Crippen molar-refractivity contribution < 1.29 is 9.59 Å². The Labute approximate surface area is 153 Å². The third-order valence-corrected chi connectivity index (χ3v) is 4.42. The molecule has 2 amide bonds. The maximum Gasteiger partial charge on any atom is 0.240 e. The second-order valence-corrected chi connectivity index (χ2v) is 6.39. The summed E-state index contributed by atoms with van der Waals surface area (Å²) in [6.45, 7) is 0. The number of nitrogens with one attached hydrogen (secondary N) is 1. The Morgan fingerprint density at radius 1 is 0.846 bits per heavy atom. The molecule has 3 aromatic rings. The number of carbonyl (C=O) groups excluding carboxylic acids is 2. The van der Waals surface area contributed by atoms with Crippen molar-refractivity contribution in [3.05, 3.63) is 83.9 Å². The molecule has 0 spiro atoms. The molecule has 3 rings (SSSR count). The summed E-state index contributed by atoms with van der Waals surface area (Å²) in [5.74, 6) is -0.690. The van der Waals surface area contributed by atoms with Gasteiger partial charge in [0.2, 0.25) is 11.8 Å². The predicted molar refractivity (Wildman–Crippen MR) is 104 cm³/mol. The highest BCUT2D eigenvalue weighted by Gasteiger charge is 2.18. The number of fused-ring (bicyclic) bond motifs is 1. The Bertz CT molecular complexity index is 906. The molecule has 0 aromatic heterocycles. The SMILES string of the molecule is NC(=O)[C@H](Cc1ccc2ccccc2c1)NC(=O)CCc1ccccc1. The van der Waals surface area contributed by atoms with Crippen LogP contribution >= 0.6 is 0 Å². The largest absolute Gasteiger partial charge is 0.368 e. The fourth-order valence-electron chi connectivity index (χ4n) is 2.99. The minimum absolute atomic E-state index is 0.168. The molecule has 0 saturated carbocycles. The van der Waals surface area contributed by atoms with Crippen LogP contribution in [0.5, 0.6) is 0 Å². The van der Waals surface area contributed by atoms with E-state index in [2.05, 4.69) is 5.32 Å². The minimum Gasteiger partial charge on any atom is -0.368 e. The van der Waals surface area contributed by atoms with Gasteiger partial charge in [-0.1, -0.05) is 72.8 Å². The van der Waals surface area contributed by atoms with Gasteiger partial charge in [0.25, 0.3) is 0 Å². The molecule has 0 saturated heterocycles. The maximum atomic E-state index is 12.2. The molecule has 0 radical (unpaired) electrons. The minimum atomic E-state index is -0.709. The smallest absolute Gasteiger partial charge is 0.240 e. The van der Waals surface area contributed by atoms with Crippen LogP contribution in [-0.4, -0.2) is 17.9 Å². The lowest BCUT2D eigenvalue weighted by Crippen LogP contribution is -2.45. The number of benzene rings is 3. The number of aryl methyl sites for hydroxylation is 1. The Kier molecular flexibility index (Phi) is 5.64. The number of hydrogen-bond acceptors (Lipinski definition) is 2. The molecule has 132 valence electrons. The van der Waals surface area contributed by atoms with Crippen molar-refractivity contribution in [2.75, 3.05) is 0 Å². The van der Waals surface area contributed by atoms with Gasteiger partial charge in [-0.2, -0.15) is 0 Å². The van der Waals surface area contributed by atoms with Gasteiger partial charge < -0.3 is 11.1 Å². The van der Waals surface area contributed by atoms with Crippen molar-refractivity contribution in [1.82, 2.24) is 5.32 Å². The number of rotatable bonds is 7. The molecule has 0 bridgehead atoms. The Morgan fingerprint density at radius 2 is 1.54 bits per heavy atom. The second kappa shape index (κ2) is 8.30. The van der Waals surface area contributed by atoms with Gasteiger partial charge in [-0.25, -0.2) is 0 Å². The molecule has 3 aromatic carbocycles. The van der Waals surface area contributed by atoms with Crippen LogP contribution in [0, 0.1) is 0 Å². The number of nitrogens with two attached hydrogens (primary N) is 1. The van der Waals surface area contributed by atoms with Crippen LogP contribution in [0.4, 0.5) is 0 Å². The zero-order valence-electron chi connectivity index (χ0n) is 14.5.